The van der Waals surface area contributed by atoms with Crippen molar-refractivity contribution < 1.29 is 24.0 Å². The van der Waals surface area contributed by atoms with E-state index in [4.69, 9.17) is 9.47 Å². The molecular weight excluding hydrogens is 363 g/mol. The molecule has 1 N–H and O–H groups in total. The summed E-state index contributed by atoms with van der Waals surface area (Å²) in [6.07, 6.45) is 0. The van der Waals surface area contributed by atoms with Gasteiger partial charge >= 0.3 is 11.9 Å². The van der Waals surface area contributed by atoms with E-state index in [1.54, 1.807) is 19.9 Å². The molecule has 1 aromatic rings. The lowest BCUT2D eigenvalue weighted by atomic mass is 9.79. The summed E-state index contributed by atoms with van der Waals surface area (Å²) in [5, 5.41) is 14.6. The molecule has 1 aliphatic heterocycles. The van der Waals surface area contributed by atoms with Gasteiger partial charge in [0.25, 0.3) is 5.69 Å². The van der Waals surface area contributed by atoms with E-state index in [1.807, 2.05) is 13.8 Å². The van der Waals surface area contributed by atoms with E-state index in [0.717, 1.165) is 0 Å². The number of ether oxygens (including phenoxy) is 2. The van der Waals surface area contributed by atoms with Gasteiger partial charge in [0.1, 0.15) is 0 Å². The summed E-state index contributed by atoms with van der Waals surface area (Å²) in [5.74, 6) is -2.16. The van der Waals surface area contributed by atoms with Crippen LogP contribution >= 0.6 is 0 Å². The number of nitrogens with zero attached hydrogens (tertiary/aromatic N) is 1. The maximum atomic E-state index is 12.9. The van der Waals surface area contributed by atoms with E-state index in [-0.39, 0.29) is 34.9 Å². The van der Waals surface area contributed by atoms with Gasteiger partial charge < -0.3 is 14.8 Å². The van der Waals surface area contributed by atoms with Crippen LogP contribution in [0.5, 0.6) is 0 Å². The minimum absolute atomic E-state index is 0.114. The van der Waals surface area contributed by atoms with Gasteiger partial charge in [-0.15, -0.1) is 0 Å². The third-order valence-corrected chi connectivity index (χ3v) is 4.38. The van der Waals surface area contributed by atoms with Crippen LogP contribution in [-0.4, -0.2) is 30.6 Å². The Kier molecular flexibility index (Phi) is 6.56. The lowest BCUT2D eigenvalue weighted by Gasteiger charge is -2.30. The van der Waals surface area contributed by atoms with Crippen LogP contribution in [-0.2, 0) is 19.1 Å². The third kappa shape index (κ3) is 4.21. The molecule has 0 saturated heterocycles. The fraction of sp³-hybridized carbons (Fsp3) is 0.400. The maximum absolute atomic E-state index is 12.9. The number of nitro benzene ring substituents is 1. The molecule has 1 atom stereocenters. The zero-order chi connectivity index (χ0) is 21.0. The molecule has 1 unspecified atom stereocenters. The Morgan fingerprint density at radius 3 is 2.25 bits per heavy atom. The number of dihydropyridines is 1. The minimum atomic E-state index is -0.977. The molecule has 8 heteroatoms. The smallest absolute Gasteiger partial charge is 0.336 e. The fourth-order valence-corrected chi connectivity index (χ4v) is 3.17. The van der Waals surface area contributed by atoms with Gasteiger partial charge in [-0.2, -0.15) is 0 Å². The highest BCUT2D eigenvalue weighted by Gasteiger charge is 2.40. The van der Waals surface area contributed by atoms with Crippen LogP contribution in [0.2, 0.25) is 0 Å². The predicted octanol–water partition coefficient (Wildman–Crippen LogP) is 3.20. The van der Waals surface area contributed by atoms with E-state index in [9.17, 15) is 19.7 Å². The Morgan fingerprint density at radius 2 is 1.71 bits per heavy atom. The molecule has 0 saturated carbocycles. The minimum Gasteiger partial charge on any atom is -0.466 e. The molecule has 1 heterocycles. The van der Waals surface area contributed by atoms with Crippen molar-refractivity contribution in [2.75, 3.05) is 13.7 Å². The molecule has 0 aliphatic carbocycles. The number of nitrogens with one attached hydrogen (secondary N) is 1. The lowest BCUT2D eigenvalue weighted by Crippen LogP contribution is -2.32. The molecule has 8 nitrogen and oxygen atoms in total. The standard InChI is InChI=1S/C20H24N2O6/c1-11(2)10-28-20(24)17-13(4)21-12(3)16(19(23)27-5)18(17)14-8-6-7-9-15(14)22(25)26/h6-9,11,18,21H,10H2,1-5H3/i5-1. The van der Waals surface area contributed by atoms with Gasteiger partial charge in [-0.05, 0) is 19.8 Å². The van der Waals surface area contributed by atoms with Gasteiger partial charge in [0.05, 0.1) is 35.7 Å². The number of rotatable bonds is 6. The highest BCUT2D eigenvalue weighted by Crippen LogP contribution is 2.42. The van der Waals surface area contributed by atoms with Crippen LogP contribution < -0.4 is 5.32 Å². The van der Waals surface area contributed by atoms with Gasteiger partial charge in [-0.3, -0.25) is 10.1 Å². The van der Waals surface area contributed by atoms with Gasteiger partial charge in [0, 0.05) is 23.0 Å². The number of nitro groups is 1. The Hall–Kier alpha value is -3.16. The molecule has 0 radical (unpaired) electrons. The Morgan fingerprint density at radius 1 is 1.14 bits per heavy atom. The van der Waals surface area contributed by atoms with Gasteiger partial charge in [0.2, 0.25) is 0 Å². The summed E-state index contributed by atoms with van der Waals surface area (Å²) in [7, 11) is 1.22. The number of carbonyl (C=O) groups is 2. The molecule has 0 fully saturated rings. The first kappa shape index (κ1) is 21.1. The molecule has 1 aromatic carbocycles. The Labute approximate surface area is 163 Å². The van der Waals surface area contributed by atoms with Crippen LogP contribution in [0.1, 0.15) is 39.2 Å². The fourth-order valence-electron chi connectivity index (χ4n) is 3.17. The van der Waals surface area contributed by atoms with E-state index in [2.05, 4.69) is 5.32 Å². The maximum Gasteiger partial charge on any atom is 0.336 e. The Balaban J connectivity index is 2.69. The van der Waals surface area contributed by atoms with Gasteiger partial charge in [0.15, 0.2) is 0 Å². The van der Waals surface area contributed by atoms with Crippen molar-refractivity contribution in [3.63, 3.8) is 0 Å². The number of esters is 2. The second kappa shape index (κ2) is 8.69. The SMILES string of the molecule is CC1=C(C(=O)O[11CH3])C(c2ccccc2[N+](=O)[O-])C(C(=O)OCC(C)C)=C(C)N1. The average molecular weight is 387 g/mol. The second-order valence-electron chi connectivity index (χ2n) is 6.94. The van der Waals surface area contributed by atoms with Gasteiger partial charge in [-0.25, -0.2) is 9.59 Å². The molecule has 2 rings (SSSR count). The average Bonchev–Trinajstić information content (AvgIpc) is 2.64. The number of allylic oxidation sites excluding steroid dienone is 2. The third-order valence-electron chi connectivity index (χ3n) is 4.38. The number of para-hydroxylation sites is 1. The first-order valence-corrected chi connectivity index (χ1v) is 8.86. The second-order valence-corrected chi connectivity index (χ2v) is 6.94. The summed E-state index contributed by atoms with van der Waals surface area (Å²) in [6.45, 7) is 7.32. The molecule has 0 bridgehead atoms. The van der Waals surface area contributed by atoms with Crippen molar-refractivity contribution in [3.8, 4) is 0 Å². The largest absolute Gasteiger partial charge is 0.466 e. The number of carbonyl (C=O) groups excluding carboxylic acids is 2. The lowest BCUT2D eigenvalue weighted by molar-refractivity contribution is -0.385. The van der Waals surface area contributed by atoms with Crippen molar-refractivity contribution in [2.45, 2.75) is 33.6 Å². The quantitative estimate of drug-likeness (QED) is 0.454. The van der Waals surface area contributed by atoms with Crippen molar-refractivity contribution in [1.82, 2.24) is 5.32 Å². The van der Waals surface area contributed by atoms with Gasteiger partial charge in [-0.1, -0.05) is 32.0 Å². The summed E-state index contributed by atoms with van der Waals surface area (Å²) in [4.78, 5) is 36.5. The zero-order valence-corrected chi connectivity index (χ0v) is 16.6. The Bertz CT molecular complexity index is 869. The van der Waals surface area contributed by atoms with Crippen LogP contribution in [0.25, 0.3) is 0 Å². The molecule has 0 aromatic heterocycles. The molecule has 28 heavy (non-hydrogen) atoms. The zero-order valence-electron chi connectivity index (χ0n) is 16.6. The summed E-state index contributed by atoms with van der Waals surface area (Å²) in [6, 6.07) is 6.03. The molecule has 150 valence electrons. The predicted molar refractivity (Wildman–Crippen MR) is 102 cm³/mol. The van der Waals surface area contributed by atoms with E-state index in [0.29, 0.717) is 11.4 Å². The number of benzene rings is 1. The van der Waals surface area contributed by atoms with Crippen molar-refractivity contribution in [2.24, 2.45) is 5.92 Å². The van der Waals surface area contributed by atoms with Crippen molar-refractivity contribution in [3.05, 3.63) is 62.5 Å². The van der Waals surface area contributed by atoms with E-state index < -0.39 is 22.8 Å². The first-order chi connectivity index (χ1) is 13.2. The molecular formula is C20H24N2O6. The van der Waals surface area contributed by atoms with Crippen LogP contribution in [0.4, 0.5) is 5.69 Å². The normalized spacial score (nSPS) is 16.7. The van der Waals surface area contributed by atoms with Crippen LogP contribution in [0.15, 0.2) is 46.8 Å². The molecule has 1 aliphatic rings. The van der Waals surface area contributed by atoms with Crippen LogP contribution in [0.3, 0.4) is 0 Å². The summed E-state index contributed by atoms with van der Waals surface area (Å²) >= 11 is 0. The topological polar surface area (TPSA) is 108 Å². The monoisotopic (exact) mass is 387 g/mol. The summed E-state index contributed by atoms with van der Waals surface area (Å²) in [5.41, 5.74) is 1.27. The highest BCUT2D eigenvalue weighted by molar-refractivity contribution is 6.00. The van der Waals surface area contributed by atoms with Crippen molar-refractivity contribution >= 4 is 17.6 Å². The molecule has 0 amide bonds. The highest BCUT2D eigenvalue weighted by atomic mass is 16.6. The number of methoxy groups -OCH3 is 1. The van der Waals surface area contributed by atoms with Crippen molar-refractivity contribution in [1.29, 1.82) is 0 Å². The van der Waals surface area contributed by atoms with Crippen LogP contribution in [0, 0.1) is 16.0 Å². The molecule has 0 spiro atoms. The first-order valence-electron chi connectivity index (χ1n) is 8.86. The van der Waals surface area contributed by atoms with E-state index in [1.165, 1.54) is 25.3 Å². The number of hydrogen-bond acceptors (Lipinski definition) is 7. The number of hydrogen-bond donors (Lipinski definition) is 1. The summed E-state index contributed by atoms with van der Waals surface area (Å²) < 4.78 is 10.3. The van der Waals surface area contributed by atoms with E-state index >= 15 is 0 Å².